The number of aliphatic hydroxyl groups excluding tert-OH is 1. The Balaban J connectivity index is 0.850. The number of Topliss-reactive ketones (excluding diaryl/α,β-unsaturated/α-hetero) is 1. The number of amides is 5. The number of nitrogens with zero attached hydrogens (tertiary/aromatic N) is 3. The van der Waals surface area contributed by atoms with Gasteiger partial charge in [0.1, 0.15) is 17.9 Å². The van der Waals surface area contributed by atoms with Crippen LogP contribution in [0.5, 0.6) is 17.2 Å². The molecule has 4 aliphatic rings. The topological polar surface area (TPSA) is 240 Å². The van der Waals surface area contributed by atoms with E-state index in [0.29, 0.717) is 123 Å². The van der Waals surface area contributed by atoms with Crippen LogP contribution in [-0.4, -0.2) is 151 Å². The first kappa shape index (κ1) is 60.9. The summed E-state index contributed by atoms with van der Waals surface area (Å²) >= 11 is 1.51. The number of esters is 1. The summed E-state index contributed by atoms with van der Waals surface area (Å²) in [5, 5.41) is 19.3. The molecule has 4 aliphatic heterocycles. The van der Waals surface area contributed by atoms with Gasteiger partial charge in [-0.1, -0.05) is 52.0 Å². The lowest BCUT2D eigenvalue weighted by atomic mass is 9.79. The molecule has 432 valence electrons. The predicted octanol–water partition coefficient (Wildman–Crippen LogP) is 6.42. The monoisotopic (exact) mass is 1120 g/mol. The van der Waals surface area contributed by atoms with Crippen molar-refractivity contribution in [3.8, 4) is 17.2 Å². The number of fused-ring (bicyclic) bond motifs is 1. The number of hydrogen-bond donors (Lipinski definition) is 4. The number of rotatable bonds is 27. The minimum atomic E-state index is -0.917. The molecule has 8 atom stereocenters. The van der Waals surface area contributed by atoms with E-state index >= 15 is 0 Å². The SMILES string of the molecule is CCC(C)(C)C(=O)C(=O)N1CCCC[C@H]1C(=O)O[C@H](CCc1ccc(OC)c(OC)c1)c1cccc(OCC(=O)NCCCCCN(C)C(=O)c2cccc(NC(=O)[C@@H]3C[C@H](SC4=C(C=O)N5C(=O)[C@H]([C@@H](C)O)[C@H]5[C@H]4C)CN3)c2)c1. The van der Waals surface area contributed by atoms with Crippen molar-refractivity contribution in [1.82, 2.24) is 25.3 Å². The molecular formula is C60H78N6O13S. The maximum Gasteiger partial charge on any atom is 0.329 e. The molecule has 4 N–H and O–H groups in total. The molecule has 0 aromatic heterocycles. The Kier molecular flexibility index (Phi) is 21.0. The summed E-state index contributed by atoms with van der Waals surface area (Å²) in [6, 6.07) is 17.7. The molecule has 3 saturated heterocycles. The number of unbranched alkanes of at least 4 members (excludes halogenated alkanes) is 2. The standard InChI is InChI=1S/C60H78N6O13S/c1-9-60(4,5)54(70)58(74)65-28-14-11-21-45(65)59(75)79-47(24-22-38-23-25-48(76-7)49(29-38)77-8)39-17-16-20-42(31-39)78-35-50(69)61-26-12-10-13-27-64(6)56(72)40-18-15-19-41(30-40)63-55(71)44-32-43(33-62-44)80-53-36(2)52-51(37(3)68)57(73)66(52)46(53)34-67/h15-20,23,25,29-31,34,36-37,43-45,47,51-52,62,68H,9-14,21-22,24,26-28,32-33,35H2,1-8H3,(H,61,69)(H,63,71)/t36-,37-,43+,44+,45+,47-,51-,52-/m1/s1. The maximum atomic E-state index is 14.1. The van der Waals surface area contributed by atoms with Gasteiger partial charge in [-0.2, -0.15) is 0 Å². The van der Waals surface area contributed by atoms with Gasteiger partial charge < -0.3 is 54.7 Å². The quantitative estimate of drug-likeness (QED) is 0.0212. The molecule has 7 rings (SSSR count). The smallest absolute Gasteiger partial charge is 0.329 e. The molecule has 0 bridgehead atoms. The number of aldehydes is 1. The average molecular weight is 1120 g/mol. The zero-order chi connectivity index (χ0) is 57.8. The number of aryl methyl sites for hydroxylation is 1. The molecule has 3 aromatic carbocycles. The van der Waals surface area contributed by atoms with Crippen LogP contribution in [0.15, 0.2) is 77.3 Å². The number of anilines is 1. The van der Waals surface area contributed by atoms with E-state index in [1.54, 1.807) is 89.4 Å². The van der Waals surface area contributed by atoms with Crippen LogP contribution in [0, 0.1) is 17.3 Å². The highest BCUT2D eigenvalue weighted by Gasteiger charge is 2.59. The van der Waals surface area contributed by atoms with Gasteiger partial charge >= 0.3 is 5.97 Å². The van der Waals surface area contributed by atoms with Crippen molar-refractivity contribution >= 4 is 65.0 Å². The molecule has 20 heteroatoms. The largest absolute Gasteiger partial charge is 0.493 e. The van der Waals surface area contributed by atoms with Crippen LogP contribution in [-0.2, 0) is 44.7 Å². The van der Waals surface area contributed by atoms with Gasteiger partial charge in [0.25, 0.3) is 17.7 Å². The lowest BCUT2D eigenvalue weighted by Crippen LogP contribution is -2.63. The van der Waals surface area contributed by atoms with E-state index in [2.05, 4.69) is 16.0 Å². The van der Waals surface area contributed by atoms with Crippen molar-refractivity contribution in [2.45, 2.75) is 134 Å². The van der Waals surface area contributed by atoms with E-state index in [4.69, 9.17) is 18.9 Å². The molecule has 0 unspecified atom stereocenters. The number of hydrogen-bond acceptors (Lipinski definition) is 15. The summed E-state index contributed by atoms with van der Waals surface area (Å²) in [5.41, 5.74) is 1.93. The zero-order valence-corrected chi connectivity index (χ0v) is 48.1. The molecule has 5 amide bonds. The van der Waals surface area contributed by atoms with E-state index in [0.717, 1.165) is 16.9 Å². The Labute approximate surface area is 473 Å². The number of ketones is 1. The number of ether oxygens (including phenoxy) is 4. The van der Waals surface area contributed by atoms with Crippen molar-refractivity contribution < 1.29 is 62.4 Å². The second-order valence-electron chi connectivity index (χ2n) is 21.9. The molecule has 19 nitrogen and oxygen atoms in total. The Hall–Kier alpha value is -6.77. The fourth-order valence-electron chi connectivity index (χ4n) is 10.8. The number of aliphatic hydroxyl groups is 1. The first-order valence-corrected chi connectivity index (χ1v) is 28.7. The predicted molar refractivity (Wildman–Crippen MR) is 302 cm³/mol. The van der Waals surface area contributed by atoms with Crippen LogP contribution >= 0.6 is 11.8 Å². The number of carbonyl (C=O) groups is 8. The number of likely N-dealkylation sites (tertiary alicyclic amines) is 1. The third-order valence-electron chi connectivity index (χ3n) is 15.9. The highest BCUT2D eigenvalue weighted by atomic mass is 32.2. The first-order valence-electron chi connectivity index (χ1n) is 27.8. The normalized spacial score (nSPS) is 21.4. The average Bonchev–Trinajstić information content (AvgIpc) is 4.04. The number of thioether (sulfide) groups is 1. The van der Waals surface area contributed by atoms with Crippen molar-refractivity contribution in [2.24, 2.45) is 17.3 Å². The van der Waals surface area contributed by atoms with Gasteiger partial charge in [-0.3, -0.25) is 33.6 Å². The molecule has 3 aromatic rings. The third-order valence-corrected chi connectivity index (χ3v) is 17.4. The van der Waals surface area contributed by atoms with Gasteiger partial charge in [0.15, 0.2) is 24.4 Å². The lowest BCUT2D eigenvalue weighted by Gasteiger charge is -2.46. The molecule has 0 saturated carbocycles. The minimum absolute atomic E-state index is 0.0190. The highest BCUT2D eigenvalue weighted by Crippen LogP contribution is 2.51. The van der Waals surface area contributed by atoms with E-state index in [1.165, 1.54) is 21.6 Å². The number of carbonyl (C=O) groups excluding carboxylic acids is 8. The molecule has 0 spiro atoms. The van der Waals surface area contributed by atoms with Crippen LogP contribution in [0.2, 0.25) is 0 Å². The van der Waals surface area contributed by atoms with Crippen LogP contribution in [0.3, 0.4) is 0 Å². The summed E-state index contributed by atoms with van der Waals surface area (Å²) in [7, 11) is 4.84. The number of methoxy groups -OCH3 is 2. The van der Waals surface area contributed by atoms with Gasteiger partial charge in [0.2, 0.25) is 17.6 Å². The second kappa shape index (κ2) is 27.6. The van der Waals surface area contributed by atoms with Gasteiger partial charge in [0.05, 0.1) is 44.0 Å². The van der Waals surface area contributed by atoms with E-state index in [1.807, 2.05) is 38.1 Å². The Morgan fingerprint density at radius 1 is 0.975 bits per heavy atom. The van der Waals surface area contributed by atoms with Crippen LogP contribution < -0.4 is 30.2 Å². The second-order valence-corrected chi connectivity index (χ2v) is 23.2. The fraction of sp³-hybridized carbons (Fsp3) is 0.533. The van der Waals surface area contributed by atoms with E-state index < -0.39 is 53.3 Å². The number of β-lactam (4-membered cyclic amide) rings is 1. The number of allylic oxidation sites excluding steroid dienone is 1. The maximum absolute atomic E-state index is 14.1. The molecule has 0 radical (unpaired) electrons. The summed E-state index contributed by atoms with van der Waals surface area (Å²) in [6.07, 6.45) is 4.77. The Bertz CT molecular complexity index is 2800. The number of nitrogens with one attached hydrogen (secondary N) is 3. The summed E-state index contributed by atoms with van der Waals surface area (Å²) in [5.74, 6) is -1.93. The summed E-state index contributed by atoms with van der Waals surface area (Å²) in [6.45, 7) is 10.3. The molecule has 4 heterocycles. The van der Waals surface area contributed by atoms with E-state index in [9.17, 15) is 43.5 Å². The lowest BCUT2D eigenvalue weighted by molar-refractivity contribution is -0.164. The van der Waals surface area contributed by atoms with E-state index in [-0.39, 0.29) is 54.0 Å². The fourth-order valence-corrected chi connectivity index (χ4v) is 12.3. The zero-order valence-electron chi connectivity index (χ0n) is 47.2. The number of piperidine rings is 1. The summed E-state index contributed by atoms with van der Waals surface area (Å²) < 4.78 is 23.1. The van der Waals surface area contributed by atoms with Crippen LogP contribution in [0.25, 0.3) is 0 Å². The Morgan fingerprint density at radius 3 is 2.46 bits per heavy atom. The van der Waals surface area contributed by atoms with Gasteiger partial charge in [0, 0.05) is 66.0 Å². The minimum Gasteiger partial charge on any atom is -0.493 e. The van der Waals surface area contributed by atoms with Gasteiger partial charge in [-0.15, -0.1) is 11.8 Å². The van der Waals surface area contributed by atoms with Crippen molar-refractivity contribution in [3.63, 3.8) is 0 Å². The van der Waals surface area contributed by atoms with Crippen molar-refractivity contribution in [2.75, 3.05) is 59.4 Å². The number of benzene rings is 3. The molecule has 3 fully saturated rings. The summed E-state index contributed by atoms with van der Waals surface area (Å²) in [4.78, 5) is 111. The van der Waals surface area contributed by atoms with Gasteiger partial charge in [-0.25, -0.2) is 4.79 Å². The third kappa shape index (κ3) is 14.4. The first-order chi connectivity index (χ1) is 38.3. The highest BCUT2D eigenvalue weighted by molar-refractivity contribution is 8.03. The molecule has 80 heavy (non-hydrogen) atoms. The molecule has 0 aliphatic carbocycles. The van der Waals surface area contributed by atoms with Gasteiger partial charge in [-0.05, 0) is 125 Å². The van der Waals surface area contributed by atoms with Crippen LogP contribution in [0.4, 0.5) is 5.69 Å². The van der Waals surface area contributed by atoms with Crippen molar-refractivity contribution in [3.05, 3.63) is 94.0 Å². The molecular weight excluding hydrogens is 1040 g/mol. The van der Waals surface area contributed by atoms with Crippen molar-refractivity contribution in [1.29, 1.82) is 0 Å². The Morgan fingerprint density at radius 2 is 1.74 bits per heavy atom. The van der Waals surface area contributed by atoms with Crippen LogP contribution in [0.1, 0.15) is 120 Å².